The number of hydrogen-bond acceptors (Lipinski definition) is 1. The van der Waals surface area contributed by atoms with E-state index in [4.69, 9.17) is 4.74 Å². The second-order valence-corrected chi connectivity index (χ2v) is 6.29. The highest BCUT2D eigenvalue weighted by molar-refractivity contribution is 5.27. The highest BCUT2D eigenvalue weighted by atomic mass is 16.5. The van der Waals surface area contributed by atoms with E-state index in [1.807, 2.05) is 0 Å². The Balaban J connectivity index is 2.44. The Bertz CT molecular complexity index is 324. The number of ether oxygens (including phenoxy) is 1. The van der Waals surface area contributed by atoms with Crippen molar-refractivity contribution in [1.29, 1.82) is 0 Å². The smallest absolute Gasteiger partial charge is 0.119 e. The van der Waals surface area contributed by atoms with Crippen molar-refractivity contribution >= 4 is 0 Å². The van der Waals surface area contributed by atoms with Crippen molar-refractivity contribution in [2.45, 2.75) is 47.5 Å². The summed E-state index contributed by atoms with van der Waals surface area (Å²) in [5.74, 6) is 3.11. The van der Waals surface area contributed by atoms with Gasteiger partial charge in [0.05, 0.1) is 6.61 Å². The molecule has 0 saturated carbocycles. The first-order valence-electron chi connectivity index (χ1n) is 7.19. The lowest BCUT2D eigenvalue weighted by molar-refractivity contribution is 0.271. The van der Waals surface area contributed by atoms with Crippen LogP contribution < -0.4 is 4.74 Å². The van der Waals surface area contributed by atoms with E-state index in [1.54, 1.807) is 0 Å². The van der Waals surface area contributed by atoms with Crippen LogP contribution in [0.4, 0.5) is 0 Å². The second-order valence-electron chi connectivity index (χ2n) is 6.29. The van der Waals surface area contributed by atoms with Gasteiger partial charge in [-0.05, 0) is 48.3 Å². The Morgan fingerprint density at radius 1 is 0.889 bits per heavy atom. The minimum Gasteiger partial charge on any atom is -0.493 e. The third-order valence-corrected chi connectivity index (χ3v) is 2.96. The fourth-order valence-electron chi connectivity index (χ4n) is 2.28. The van der Waals surface area contributed by atoms with E-state index in [0.29, 0.717) is 5.92 Å². The predicted molar refractivity (Wildman–Crippen MR) is 79.1 cm³/mol. The van der Waals surface area contributed by atoms with E-state index in [0.717, 1.165) is 24.2 Å². The van der Waals surface area contributed by atoms with Gasteiger partial charge in [-0.2, -0.15) is 0 Å². The highest BCUT2D eigenvalue weighted by Crippen LogP contribution is 2.19. The molecule has 0 aliphatic rings. The third-order valence-electron chi connectivity index (χ3n) is 2.96. The molecule has 0 N–H and O–H groups in total. The SMILES string of the molecule is CC(C)COc1ccc(C[C@@H](C)CC(C)C)cc1. The summed E-state index contributed by atoms with van der Waals surface area (Å²) in [5, 5.41) is 0. The maximum absolute atomic E-state index is 5.69. The van der Waals surface area contributed by atoms with Crippen LogP contribution in [0.25, 0.3) is 0 Å². The molecule has 0 spiro atoms. The van der Waals surface area contributed by atoms with Gasteiger partial charge in [-0.3, -0.25) is 0 Å². The standard InChI is InChI=1S/C17H28O/c1-13(2)10-15(5)11-16-6-8-17(9-7-16)18-12-14(3)4/h6-9,13-15H,10-12H2,1-5H3/t15-/m0/s1. The van der Waals surface area contributed by atoms with Crippen molar-refractivity contribution in [3.05, 3.63) is 29.8 Å². The number of benzene rings is 1. The molecule has 0 aliphatic heterocycles. The Hall–Kier alpha value is -0.980. The van der Waals surface area contributed by atoms with Gasteiger partial charge in [0.1, 0.15) is 5.75 Å². The maximum atomic E-state index is 5.69. The zero-order valence-corrected chi connectivity index (χ0v) is 12.6. The lowest BCUT2D eigenvalue weighted by atomic mass is 9.93. The van der Waals surface area contributed by atoms with Gasteiger partial charge in [0.2, 0.25) is 0 Å². The van der Waals surface area contributed by atoms with Crippen molar-refractivity contribution in [3.63, 3.8) is 0 Å². The first-order valence-corrected chi connectivity index (χ1v) is 7.19. The third kappa shape index (κ3) is 6.09. The monoisotopic (exact) mass is 248 g/mol. The summed E-state index contributed by atoms with van der Waals surface area (Å²) < 4.78 is 5.69. The molecule has 1 rings (SSSR count). The number of hydrogen-bond donors (Lipinski definition) is 0. The highest BCUT2D eigenvalue weighted by Gasteiger charge is 2.06. The second kappa shape index (κ2) is 7.45. The van der Waals surface area contributed by atoms with Crippen LogP contribution in [-0.2, 0) is 6.42 Å². The summed E-state index contributed by atoms with van der Waals surface area (Å²) in [6.45, 7) is 12.1. The Kier molecular flexibility index (Phi) is 6.24. The van der Waals surface area contributed by atoms with Gasteiger partial charge in [-0.15, -0.1) is 0 Å². The summed E-state index contributed by atoms with van der Waals surface area (Å²) in [4.78, 5) is 0. The summed E-state index contributed by atoms with van der Waals surface area (Å²) >= 11 is 0. The largest absolute Gasteiger partial charge is 0.493 e. The Morgan fingerprint density at radius 2 is 1.50 bits per heavy atom. The van der Waals surface area contributed by atoms with Crippen LogP contribution in [0.1, 0.15) is 46.6 Å². The molecular formula is C17H28O. The molecular weight excluding hydrogens is 220 g/mol. The van der Waals surface area contributed by atoms with Crippen LogP contribution >= 0.6 is 0 Å². The summed E-state index contributed by atoms with van der Waals surface area (Å²) in [7, 11) is 0. The van der Waals surface area contributed by atoms with Crippen LogP contribution in [0.5, 0.6) is 5.75 Å². The molecule has 102 valence electrons. The molecule has 1 heteroatoms. The van der Waals surface area contributed by atoms with E-state index >= 15 is 0 Å². The molecule has 0 amide bonds. The molecule has 0 fully saturated rings. The minimum absolute atomic E-state index is 0.579. The fraction of sp³-hybridized carbons (Fsp3) is 0.647. The summed E-state index contributed by atoms with van der Waals surface area (Å²) in [6.07, 6.45) is 2.47. The van der Waals surface area contributed by atoms with Crippen molar-refractivity contribution in [2.24, 2.45) is 17.8 Å². The van der Waals surface area contributed by atoms with Crippen LogP contribution in [0.3, 0.4) is 0 Å². The summed E-state index contributed by atoms with van der Waals surface area (Å²) in [5.41, 5.74) is 1.42. The Morgan fingerprint density at radius 3 is 2.00 bits per heavy atom. The molecule has 1 atom stereocenters. The van der Waals surface area contributed by atoms with Crippen molar-refractivity contribution in [1.82, 2.24) is 0 Å². The lowest BCUT2D eigenvalue weighted by Crippen LogP contribution is -2.05. The van der Waals surface area contributed by atoms with Crippen LogP contribution in [0, 0.1) is 17.8 Å². The van der Waals surface area contributed by atoms with Gasteiger partial charge in [0.25, 0.3) is 0 Å². The van der Waals surface area contributed by atoms with Crippen molar-refractivity contribution in [2.75, 3.05) is 6.61 Å². The molecule has 0 saturated heterocycles. The van der Waals surface area contributed by atoms with E-state index < -0.39 is 0 Å². The van der Waals surface area contributed by atoms with Crippen molar-refractivity contribution < 1.29 is 4.74 Å². The minimum atomic E-state index is 0.579. The molecule has 0 bridgehead atoms. The van der Waals surface area contributed by atoms with Crippen LogP contribution in [-0.4, -0.2) is 6.61 Å². The van der Waals surface area contributed by atoms with Crippen LogP contribution in [0.15, 0.2) is 24.3 Å². The number of rotatable bonds is 7. The van der Waals surface area contributed by atoms with Gasteiger partial charge in [0, 0.05) is 0 Å². The van der Waals surface area contributed by atoms with Gasteiger partial charge >= 0.3 is 0 Å². The van der Waals surface area contributed by atoms with Crippen LogP contribution in [0.2, 0.25) is 0 Å². The molecule has 0 aliphatic carbocycles. The molecule has 0 heterocycles. The zero-order valence-electron chi connectivity index (χ0n) is 12.6. The average molecular weight is 248 g/mol. The molecule has 18 heavy (non-hydrogen) atoms. The van der Waals surface area contributed by atoms with Crippen molar-refractivity contribution in [3.8, 4) is 5.75 Å². The van der Waals surface area contributed by atoms with E-state index in [-0.39, 0.29) is 0 Å². The topological polar surface area (TPSA) is 9.23 Å². The summed E-state index contributed by atoms with van der Waals surface area (Å²) in [6, 6.07) is 8.60. The van der Waals surface area contributed by atoms with Gasteiger partial charge < -0.3 is 4.74 Å². The Labute approximate surface area is 113 Å². The molecule has 0 aromatic heterocycles. The normalized spacial score (nSPS) is 13.1. The molecule has 1 nitrogen and oxygen atoms in total. The van der Waals surface area contributed by atoms with E-state index in [9.17, 15) is 0 Å². The van der Waals surface area contributed by atoms with E-state index in [2.05, 4.69) is 58.9 Å². The van der Waals surface area contributed by atoms with Gasteiger partial charge in [-0.25, -0.2) is 0 Å². The molecule has 0 radical (unpaired) electrons. The molecule has 1 aromatic carbocycles. The zero-order chi connectivity index (χ0) is 13.5. The predicted octanol–water partition coefficient (Wildman–Crippen LogP) is 4.95. The fourth-order valence-corrected chi connectivity index (χ4v) is 2.28. The quantitative estimate of drug-likeness (QED) is 0.663. The lowest BCUT2D eigenvalue weighted by Gasteiger charge is -2.14. The van der Waals surface area contributed by atoms with E-state index in [1.165, 1.54) is 18.4 Å². The molecule has 1 aromatic rings. The molecule has 0 unspecified atom stereocenters. The first kappa shape index (κ1) is 15.1. The first-order chi connectivity index (χ1) is 8.47. The van der Waals surface area contributed by atoms with Gasteiger partial charge in [-0.1, -0.05) is 46.8 Å². The maximum Gasteiger partial charge on any atom is 0.119 e. The van der Waals surface area contributed by atoms with Gasteiger partial charge in [0.15, 0.2) is 0 Å². The average Bonchev–Trinajstić information content (AvgIpc) is 2.26.